The number of amides is 1. The maximum atomic E-state index is 13.7. The number of anilines is 1. The molecule has 3 rings (SSSR count). The number of hydrogen-bond donors (Lipinski definition) is 0. The highest BCUT2D eigenvalue weighted by Gasteiger charge is 2.32. The number of benzene rings is 2. The summed E-state index contributed by atoms with van der Waals surface area (Å²) < 4.78 is 39.0. The molecule has 0 saturated carbocycles. The molecule has 1 aliphatic rings. The van der Waals surface area contributed by atoms with Crippen LogP contribution in [-0.4, -0.2) is 59.2 Å². The largest absolute Gasteiger partial charge is 0.495 e. The lowest BCUT2D eigenvalue weighted by Gasteiger charge is -2.31. The van der Waals surface area contributed by atoms with Crippen LogP contribution in [0, 0.1) is 13.8 Å². The number of nitrogens with zero attached hydrogens (tertiary/aromatic N) is 2. The molecule has 30 heavy (non-hydrogen) atoms. The van der Waals surface area contributed by atoms with Crippen LogP contribution in [0.4, 0.5) is 5.69 Å². The minimum absolute atomic E-state index is 0.00326. The molecule has 1 aliphatic heterocycles. The molecule has 0 spiro atoms. The van der Waals surface area contributed by atoms with Gasteiger partial charge >= 0.3 is 0 Å². The Kier molecular flexibility index (Phi) is 6.90. The Morgan fingerprint density at radius 3 is 2.50 bits per heavy atom. The van der Waals surface area contributed by atoms with Crippen molar-refractivity contribution >= 4 is 33.2 Å². The Labute approximate surface area is 182 Å². The standard InChI is InChI=1S/C21H25ClN2O5S/c1-15-4-7-19(28-3)20(12-15)30(26,27)24(17-6-5-16(2)18(22)13-17)14-21(25)23-8-10-29-11-9-23/h4-7,12-13H,8-11,14H2,1-3H3. The number of sulfonamides is 1. The van der Waals surface area contributed by atoms with E-state index in [1.165, 1.54) is 13.2 Å². The number of methoxy groups -OCH3 is 1. The third-order valence-corrected chi connectivity index (χ3v) is 7.18. The second kappa shape index (κ2) is 9.24. The minimum atomic E-state index is -4.11. The molecular weight excluding hydrogens is 428 g/mol. The first kappa shape index (κ1) is 22.4. The zero-order valence-corrected chi connectivity index (χ0v) is 18.8. The summed E-state index contributed by atoms with van der Waals surface area (Å²) in [5.41, 5.74) is 1.89. The topological polar surface area (TPSA) is 76.2 Å². The Balaban J connectivity index is 2.07. The second-order valence-electron chi connectivity index (χ2n) is 7.09. The van der Waals surface area contributed by atoms with Crippen molar-refractivity contribution in [3.05, 3.63) is 52.5 Å². The van der Waals surface area contributed by atoms with Gasteiger partial charge in [0.15, 0.2) is 0 Å². The second-order valence-corrected chi connectivity index (χ2v) is 9.33. The molecule has 2 aromatic rings. The van der Waals surface area contributed by atoms with Gasteiger partial charge in [0, 0.05) is 18.1 Å². The van der Waals surface area contributed by atoms with E-state index in [1.807, 2.05) is 6.92 Å². The summed E-state index contributed by atoms with van der Waals surface area (Å²) in [6.45, 7) is 4.99. The Hall–Kier alpha value is -2.29. The van der Waals surface area contributed by atoms with Crippen LogP contribution < -0.4 is 9.04 Å². The van der Waals surface area contributed by atoms with E-state index in [9.17, 15) is 13.2 Å². The van der Waals surface area contributed by atoms with E-state index in [0.717, 1.165) is 15.4 Å². The molecule has 1 amide bonds. The molecule has 9 heteroatoms. The summed E-state index contributed by atoms with van der Waals surface area (Å²) in [6.07, 6.45) is 0. The molecule has 1 heterocycles. The van der Waals surface area contributed by atoms with Crippen molar-refractivity contribution in [1.29, 1.82) is 0 Å². The smallest absolute Gasteiger partial charge is 0.268 e. The zero-order chi connectivity index (χ0) is 21.9. The van der Waals surface area contributed by atoms with Gasteiger partial charge < -0.3 is 14.4 Å². The Bertz CT molecular complexity index is 1040. The van der Waals surface area contributed by atoms with Crippen LogP contribution in [0.2, 0.25) is 5.02 Å². The normalized spacial score (nSPS) is 14.5. The van der Waals surface area contributed by atoms with Gasteiger partial charge in [-0.25, -0.2) is 8.42 Å². The first-order valence-corrected chi connectivity index (χ1v) is 11.3. The summed E-state index contributed by atoms with van der Waals surface area (Å²) in [6, 6.07) is 9.84. The molecule has 0 atom stereocenters. The van der Waals surface area contributed by atoms with E-state index in [4.69, 9.17) is 21.1 Å². The van der Waals surface area contributed by atoms with Crippen molar-refractivity contribution in [3.8, 4) is 5.75 Å². The predicted molar refractivity (Wildman–Crippen MR) is 116 cm³/mol. The van der Waals surface area contributed by atoms with Crippen molar-refractivity contribution in [3.63, 3.8) is 0 Å². The van der Waals surface area contributed by atoms with Crippen molar-refractivity contribution in [2.24, 2.45) is 0 Å². The molecule has 0 N–H and O–H groups in total. The number of hydrogen-bond acceptors (Lipinski definition) is 5. The first-order chi connectivity index (χ1) is 14.2. The highest BCUT2D eigenvalue weighted by molar-refractivity contribution is 7.93. The van der Waals surface area contributed by atoms with Crippen molar-refractivity contribution in [2.75, 3.05) is 44.3 Å². The third kappa shape index (κ3) is 4.71. The lowest BCUT2D eigenvalue weighted by Crippen LogP contribution is -2.47. The maximum Gasteiger partial charge on any atom is 0.268 e. The van der Waals surface area contributed by atoms with E-state index < -0.39 is 10.0 Å². The SMILES string of the molecule is COc1ccc(C)cc1S(=O)(=O)N(CC(=O)N1CCOCC1)c1ccc(C)c(Cl)c1. The molecule has 0 bridgehead atoms. The number of ether oxygens (including phenoxy) is 2. The van der Waals surface area contributed by atoms with Gasteiger partial charge in [-0.3, -0.25) is 9.10 Å². The molecule has 162 valence electrons. The molecule has 0 radical (unpaired) electrons. The number of aryl methyl sites for hydroxylation is 2. The molecule has 0 aromatic heterocycles. The molecule has 0 unspecified atom stereocenters. The van der Waals surface area contributed by atoms with E-state index in [0.29, 0.717) is 37.0 Å². The maximum absolute atomic E-state index is 13.7. The van der Waals surface area contributed by atoms with Gasteiger partial charge in [-0.2, -0.15) is 0 Å². The zero-order valence-electron chi connectivity index (χ0n) is 17.2. The van der Waals surface area contributed by atoms with Crippen LogP contribution in [0.25, 0.3) is 0 Å². The number of carbonyl (C=O) groups is 1. The molecule has 7 nitrogen and oxygen atoms in total. The van der Waals surface area contributed by atoms with Crippen LogP contribution in [0.3, 0.4) is 0 Å². The molecular formula is C21H25ClN2O5S. The molecule has 2 aromatic carbocycles. The van der Waals surface area contributed by atoms with E-state index >= 15 is 0 Å². The fourth-order valence-electron chi connectivity index (χ4n) is 3.19. The van der Waals surface area contributed by atoms with Crippen molar-refractivity contribution < 1.29 is 22.7 Å². The summed E-state index contributed by atoms with van der Waals surface area (Å²) in [4.78, 5) is 14.5. The van der Waals surface area contributed by atoms with Gasteiger partial charge in [-0.15, -0.1) is 0 Å². The number of halogens is 1. The monoisotopic (exact) mass is 452 g/mol. The summed E-state index contributed by atoms with van der Waals surface area (Å²) in [5.74, 6) is -0.0900. The first-order valence-electron chi connectivity index (χ1n) is 9.53. The average Bonchev–Trinajstić information content (AvgIpc) is 2.74. The van der Waals surface area contributed by atoms with Crippen molar-refractivity contribution in [1.82, 2.24) is 4.90 Å². The average molecular weight is 453 g/mol. The Morgan fingerprint density at radius 1 is 1.17 bits per heavy atom. The number of carbonyl (C=O) groups excluding carboxylic acids is 1. The van der Waals surface area contributed by atoms with Gasteiger partial charge in [-0.05, 0) is 49.2 Å². The summed E-state index contributed by atoms with van der Waals surface area (Å²) in [5, 5.41) is 0.419. The lowest BCUT2D eigenvalue weighted by atomic mass is 10.2. The van der Waals surface area contributed by atoms with E-state index in [-0.39, 0.29) is 23.1 Å². The summed E-state index contributed by atoms with van der Waals surface area (Å²) in [7, 11) is -2.70. The van der Waals surface area contributed by atoms with Gasteiger partial charge in [-0.1, -0.05) is 23.7 Å². The van der Waals surface area contributed by atoms with Gasteiger partial charge in [0.1, 0.15) is 17.2 Å². The minimum Gasteiger partial charge on any atom is -0.495 e. The van der Waals surface area contributed by atoms with Crippen LogP contribution in [0.5, 0.6) is 5.75 Å². The Morgan fingerprint density at radius 2 is 1.87 bits per heavy atom. The van der Waals surface area contributed by atoms with Gasteiger partial charge in [0.25, 0.3) is 10.0 Å². The molecule has 0 aliphatic carbocycles. The van der Waals surface area contributed by atoms with Crippen LogP contribution in [-0.2, 0) is 19.6 Å². The van der Waals surface area contributed by atoms with Crippen LogP contribution in [0.1, 0.15) is 11.1 Å². The van der Waals surface area contributed by atoms with Gasteiger partial charge in [0.05, 0.1) is 26.0 Å². The number of morpholine rings is 1. The van der Waals surface area contributed by atoms with Crippen LogP contribution in [0.15, 0.2) is 41.3 Å². The van der Waals surface area contributed by atoms with Gasteiger partial charge in [0.2, 0.25) is 5.91 Å². The molecule has 1 saturated heterocycles. The quantitative estimate of drug-likeness (QED) is 0.673. The van der Waals surface area contributed by atoms with Crippen LogP contribution >= 0.6 is 11.6 Å². The highest BCUT2D eigenvalue weighted by atomic mass is 35.5. The third-order valence-electron chi connectivity index (χ3n) is 4.97. The van der Waals surface area contributed by atoms with E-state index in [1.54, 1.807) is 42.2 Å². The van der Waals surface area contributed by atoms with E-state index in [2.05, 4.69) is 0 Å². The highest BCUT2D eigenvalue weighted by Crippen LogP contribution is 2.32. The van der Waals surface area contributed by atoms with Crippen molar-refractivity contribution in [2.45, 2.75) is 18.7 Å². The summed E-state index contributed by atoms with van der Waals surface area (Å²) >= 11 is 6.26. The predicted octanol–water partition coefficient (Wildman–Crippen LogP) is 3.02. The fraction of sp³-hybridized carbons (Fsp3) is 0.381. The molecule has 1 fully saturated rings. The fourth-order valence-corrected chi connectivity index (χ4v) is 5.02. The lowest BCUT2D eigenvalue weighted by molar-refractivity contribution is -0.133. The number of rotatable bonds is 6.